The van der Waals surface area contributed by atoms with Crippen LogP contribution in [0.25, 0.3) is 5.57 Å². The van der Waals surface area contributed by atoms with Gasteiger partial charge in [-0.15, -0.1) is 0 Å². The second kappa shape index (κ2) is 9.94. The van der Waals surface area contributed by atoms with Crippen molar-refractivity contribution in [1.29, 1.82) is 0 Å². The third-order valence-electron chi connectivity index (χ3n) is 7.28. The Labute approximate surface area is 209 Å². The molecule has 1 saturated carbocycles. The van der Waals surface area contributed by atoms with E-state index in [0.717, 1.165) is 49.2 Å². The van der Waals surface area contributed by atoms with E-state index in [9.17, 15) is 9.59 Å². The molecule has 0 aromatic heterocycles. The molecule has 6 heteroatoms. The first-order chi connectivity index (χ1) is 17.0. The maximum Gasteiger partial charge on any atom is 0.344 e. The summed E-state index contributed by atoms with van der Waals surface area (Å²) in [7, 11) is 1.37. The summed E-state index contributed by atoms with van der Waals surface area (Å²) in [6, 6.07) is 13.9. The van der Waals surface area contributed by atoms with Crippen LogP contribution >= 0.6 is 0 Å². The van der Waals surface area contributed by atoms with Crippen LogP contribution < -0.4 is 4.74 Å². The lowest BCUT2D eigenvalue weighted by Crippen LogP contribution is -2.33. The molecule has 3 aliphatic rings. The fourth-order valence-electron chi connectivity index (χ4n) is 5.42. The molecule has 1 heterocycles. The molecule has 2 aromatic rings. The Balaban J connectivity index is 1.37. The SMILES string of the molecule is CCC1(OC(=O)COC(=O)c2ccc(OC)c([S+]3c4ccccc4C4=CC=CCC43)c2)CCCC1. The number of methoxy groups -OCH3 is 1. The van der Waals surface area contributed by atoms with E-state index in [1.807, 2.05) is 19.1 Å². The molecule has 0 amide bonds. The largest absolute Gasteiger partial charge is 0.492 e. The van der Waals surface area contributed by atoms with Gasteiger partial charge in [-0.3, -0.25) is 0 Å². The molecule has 2 aromatic carbocycles. The van der Waals surface area contributed by atoms with E-state index >= 15 is 0 Å². The lowest BCUT2D eigenvalue weighted by atomic mass is 9.98. The van der Waals surface area contributed by atoms with E-state index in [2.05, 4.69) is 42.5 Å². The van der Waals surface area contributed by atoms with Crippen LogP contribution in [-0.4, -0.2) is 36.5 Å². The fourth-order valence-corrected chi connectivity index (χ4v) is 8.30. The van der Waals surface area contributed by atoms with Gasteiger partial charge in [0.25, 0.3) is 0 Å². The first-order valence-electron chi connectivity index (χ1n) is 12.3. The summed E-state index contributed by atoms with van der Waals surface area (Å²) in [5, 5.41) is 0.309. The minimum absolute atomic E-state index is 0.287. The molecular weight excluding hydrogens is 460 g/mol. The van der Waals surface area contributed by atoms with Gasteiger partial charge in [-0.1, -0.05) is 37.3 Å². The smallest absolute Gasteiger partial charge is 0.344 e. The highest BCUT2D eigenvalue weighted by Crippen LogP contribution is 2.49. The standard InChI is InChI=1S/C29H31O5S/c1-3-29(16-8-9-17-29)34-27(30)19-33-28(31)20-14-15-23(32-2)26(18-20)35-24-12-6-4-10-21(24)22-11-5-7-13-25(22)35/h4-7,10-12,14-15,18,25H,3,8-9,13,16-17,19H2,1-2H3/q+1. The highest BCUT2D eigenvalue weighted by molar-refractivity contribution is 7.98. The van der Waals surface area contributed by atoms with E-state index in [0.29, 0.717) is 10.8 Å². The molecule has 0 N–H and O–H groups in total. The van der Waals surface area contributed by atoms with Crippen LogP contribution in [0, 0.1) is 0 Å². The molecule has 0 radical (unpaired) electrons. The van der Waals surface area contributed by atoms with Gasteiger partial charge >= 0.3 is 11.9 Å². The number of carbonyl (C=O) groups excluding carboxylic acids is 2. The van der Waals surface area contributed by atoms with Crippen LogP contribution in [0.2, 0.25) is 0 Å². The molecule has 0 spiro atoms. The normalized spacial score (nSPS) is 21.6. The van der Waals surface area contributed by atoms with Gasteiger partial charge in [-0.2, -0.15) is 0 Å². The molecule has 2 unspecified atom stereocenters. The molecule has 0 bridgehead atoms. The van der Waals surface area contributed by atoms with Gasteiger partial charge in [0.1, 0.15) is 5.60 Å². The van der Waals surface area contributed by atoms with Gasteiger partial charge in [0.2, 0.25) is 4.90 Å². The number of allylic oxidation sites excluding steroid dienone is 3. The van der Waals surface area contributed by atoms with Crippen LogP contribution in [0.4, 0.5) is 0 Å². The Morgan fingerprint density at radius 2 is 1.89 bits per heavy atom. The number of fused-ring (bicyclic) bond motifs is 3. The topological polar surface area (TPSA) is 61.8 Å². The van der Waals surface area contributed by atoms with E-state index in [4.69, 9.17) is 14.2 Å². The second-order valence-corrected chi connectivity index (χ2v) is 11.4. The summed E-state index contributed by atoms with van der Waals surface area (Å²) >= 11 is 0. The number of ether oxygens (including phenoxy) is 3. The number of benzene rings is 2. The maximum atomic E-state index is 12.9. The Morgan fingerprint density at radius 1 is 1.09 bits per heavy atom. The first kappa shape index (κ1) is 23.7. The minimum Gasteiger partial charge on any atom is -0.492 e. The highest BCUT2D eigenvalue weighted by atomic mass is 32.2. The van der Waals surface area contributed by atoms with Crippen molar-refractivity contribution in [3.8, 4) is 5.75 Å². The molecule has 182 valence electrons. The summed E-state index contributed by atoms with van der Waals surface area (Å²) in [4.78, 5) is 27.6. The minimum atomic E-state index is -0.529. The lowest BCUT2D eigenvalue weighted by molar-refractivity contribution is -0.163. The maximum absolute atomic E-state index is 12.9. The van der Waals surface area contributed by atoms with Crippen molar-refractivity contribution >= 4 is 28.4 Å². The second-order valence-electron chi connectivity index (χ2n) is 9.27. The van der Waals surface area contributed by atoms with Crippen molar-refractivity contribution in [1.82, 2.24) is 0 Å². The average molecular weight is 492 g/mol. The summed E-state index contributed by atoms with van der Waals surface area (Å²) < 4.78 is 16.8. The Hall–Kier alpha value is -2.99. The molecule has 1 fully saturated rings. The van der Waals surface area contributed by atoms with Crippen LogP contribution in [0.5, 0.6) is 5.75 Å². The molecular formula is C29H31O5S+. The van der Waals surface area contributed by atoms with Crippen LogP contribution in [0.1, 0.15) is 61.4 Å². The third-order valence-corrected chi connectivity index (χ3v) is 9.91. The van der Waals surface area contributed by atoms with E-state index in [-0.39, 0.29) is 17.5 Å². The van der Waals surface area contributed by atoms with Crippen LogP contribution in [-0.2, 0) is 25.2 Å². The molecule has 35 heavy (non-hydrogen) atoms. The fraction of sp³-hybridized carbons (Fsp3) is 0.379. The highest BCUT2D eigenvalue weighted by Gasteiger charge is 2.48. The molecule has 1 aliphatic heterocycles. The number of rotatable bonds is 7. The van der Waals surface area contributed by atoms with E-state index in [1.54, 1.807) is 13.2 Å². The number of hydrogen-bond acceptors (Lipinski definition) is 5. The van der Waals surface area contributed by atoms with Gasteiger partial charge in [0.15, 0.2) is 22.5 Å². The van der Waals surface area contributed by atoms with Gasteiger partial charge in [-0.05, 0) is 56.4 Å². The van der Waals surface area contributed by atoms with E-state index < -0.39 is 17.5 Å². The van der Waals surface area contributed by atoms with Crippen molar-refractivity contribution in [3.05, 3.63) is 71.8 Å². The zero-order valence-corrected chi connectivity index (χ0v) is 21.1. The van der Waals surface area contributed by atoms with Gasteiger partial charge in [-0.25, -0.2) is 9.59 Å². The molecule has 5 rings (SSSR count). The zero-order valence-electron chi connectivity index (χ0n) is 20.3. The van der Waals surface area contributed by atoms with Crippen LogP contribution in [0.3, 0.4) is 0 Å². The van der Waals surface area contributed by atoms with Crippen molar-refractivity contribution in [2.75, 3.05) is 13.7 Å². The summed E-state index contributed by atoms with van der Waals surface area (Å²) in [5.74, 6) is -0.259. The third kappa shape index (κ3) is 4.52. The van der Waals surface area contributed by atoms with Gasteiger partial charge in [0, 0.05) is 23.6 Å². The number of hydrogen-bond donors (Lipinski definition) is 0. The summed E-state index contributed by atoms with van der Waals surface area (Å²) in [5.41, 5.74) is 2.61. The predicted octanol–water partition coefficient (Wildman–Crippen LogP) is 5.88. The number of carbonyl (C=O) groups is 2. The lowest BCUT2D eigenvalue weighted by Gasteiger charge is -2.27. The number of esters is 2. The van der Waals surface area contributed by atoms with E-state index in [1.165, 1.54) is 16.0 Å². The zero-order chi connectivity index (χ0) is 24.4. The Morgan fingerprint density at radius 3 is 2.66 bits per heavy atom. The summed E-state index contributed by atoms with van der Waals surface area (Å²) in [6.07, 6.45) is 12.1. The van der Waals surface area contributed by atoms with Gasteiger partial charge < -0.3 is 14.2 Å². The summed E-state index contributed by atoms with van der Waals surface area (Å²) in [6.45, 7) is 1.66. The monoisotopic (exact) mass is 491 g/mol. The van der Waals surface area contributed by atoms with Crippen molar-refractivity contribution in [3.63, 3.8) is 0 Å². The molecule has 2 atom stereocenters. The molecule has 2 aliphatic carbocycles. The van der Waals surface area contributed by atoms with Gasteiger partial charge in [0.05, 0.1) is 23.6 Å². The molecule has 0 saturated heterocycles. The van der Waals surface area contributed by atoms with Crippen LogP contribution in [0.15, 0.2) is 70.5 Å². The van der Waals surface area contributed by atoms with Crippen molar-refractivity contribution in [2.45, 2.75) is 66.1 Å². The van der Waals surface area contributed by atoms with Crippen molar-refractivity contribution < 1.29 is 23.8 Å². The quantitative estimate of drug-likeness (QED) is 0.358. The first-order valence-corrected chi connectivity index (χ1v) is 13.6. The Kier molecular flexibility index (Phi) is 6.74. The predicted molar refractivity (Wildman–Crippen MR) is 137 cm³/mol. The van der Waals surface area contributed by atoms with Crippen molar-refractivity contribution in [2.24, 2.45) is 0 Å². The average Bonchev–Trinajstić information content (AvgIpc) is 3.50. The Bertz CT molecular complexity index is 1190. The molecule has 5 nitrogen and oxygen atoms in total.